The normalized spacial score (nSPS) is 15.6. The number of hydrogen-bond donors (Lipinski definition) is 1. The van der Waals surface area contributed by atoms with Crippen LogP contribution in [0.1, 0.15) is 40.5 Å². The summed E-state index contributed by atoms with van der Waals surface area (Å²) in [4.78, 5) is 0. The van der Waals surface area contributed by atoms with Gasteiger partial charge < -0.3 is 9.53 Å². The second-order valence-corrected chi connectivity index (χ2v) is 10.2. The van der Waals surface area contributed by atoms with E-state index in [4.69, 9.17) is 9.53 Å². The summed E-state index contributed by atoms with van der Waals surface area (Å²) in [6.45, 7) is 13.6. The Kier molecular flexibility index (Phi) is 5.34. The first-order valence-corrected chi connectivity index (χ1v) is 8.44. The van der Waals surface area contributed by atoms with Gasteiger partial charge in [0, 0.05) is 12.7 Å². The summed E-state index contributed by atoms with van der Waals surface area (Å²) >= 11 is 0. The van der Waals surface area contributed by atoms with Gasteiger partial charge in [0.05, 0.1) is 0 Å². The molecule has 1 N–H and O–H groups in total. The Morgan fingerprint density at radius 3 is 2.07 bits per heavy atom. The second kappa shape index (κ2) is 5.28. The molecule has 0 spiro atoms. The zero-order chi connectivity index (χ0) is 11.4. The summed E-state index contributed by atoms with van der Waals surface area (Å²) in [7, 11) is -1.64. The molecule has 0 aromatic carbocycles. The molecule has 86 valence electrons. The zero-order valence-electron chi connectivity index (χ0n) is 10.6. The van der Waals surface area contributed by atoms with Gasteiger partial charge in [0.1, 0.15) is 0 Å². The van der Waals surface area contributed by atoms with E-state index < -0.39 is 8.32 Å². The molecule has 3 heteroatoms. The lowest BCUT2D eigenvalue weighted by Gasteiger charge is -2.39. The monoisotopic (exact) mass is 218 g/mol. The summed E-state index contributed by atoms with van der Waals surface area (Å²) < 4.78 is 6.17. The Morgan fingerprint density at radius 1 is 1.29 bits per heavy atom. The number of rotatable bonds is 5. The molecular formula is C11H26O2Si. The van der Waals surface area contributed by atoms with Crippen molar-refractivity contribution in [1.82, 2.24) is 0 Å². The third-order valence-corrected chi connectivity index (χ3v) is 7.71. The van der Waals surface area contributed by atoms with Crippen molar-refractivity contribution in [1.29, 1.82) is 0 Å². The Morgan fingerprint density at radius 2 is 1.79 bits per heavy atom. The smallest absolute Gasteiger partial charge is 0.192 e. The van der Waals surface area contributed by atoms with Crippen LogP contribution < -0.4 is 0 Å². The van der Waals surface area contributed by atoms with Crippen LogP contribution in [0.5, 0.6) is 0 Å². The summed E-state index contributed by atoms with van der Waals surface area (Å²) in [5, 5.41) is 9.16. The van der Waals surface area contributed by atoms with Crippen LogP contribution in [0, 0.1) is 0 Å². The van der Waals surface area contributed by atoms with Crippen molar-refractivity contribution >= 4 is 8.32 Å². The van der Waals surface area contributed by atoms with E-state index in [2.05, 4.69) is 40.8 Å². The van der Waals surface area contributed by atoms with E-state index >= 15 is 0 Å². The maximum Gasteiger partial charge on any atom is 0.192 e. The van der Waals surface area contributed by atoms with E-state index in [9.17, 15) is 0 Å². The van der Waals surface area contributed by atoms with E-state index in [0.29, 0.717) is 0 Å². The molecule has 0 bridgehead atoms. The summed E-state index contributed by atoms with van der Waals surface area (Å²) in [5.74, 6) is 0. The zero-order valence-corrected chi connectivity index (χ0v) is 11.6. The molecule has 0 aliphatic rings. The van der Waals surface area contributed by atoms with Gasteiger partial charge in [0.2, 0.25) is 0 Å². The Bertz CT molecular complexity index is 161. The van der Waals surface area contributed by atoms with Crippen molar-refractivity contribution < 1.29 is 9.53 Å². The minimum absolute atomic E-state index is 0.229. The first-order chi connectivity index (χ1) is 6.24. The lowest BCUT2D eigenvalue weighted by atomic mass is 10.2. The third-order valence-electron chi connectivity index (χ3n) is 3.17. The van der Waals surface area contributed by atoms with E-state index in [1.807, 2.05) is 0 Å². The lowest BCUT2D eigenvalue weighted by Crippen LogP contribution is -2.44. The molecule has 2 nitrogen and oxygen atoms in total. The maximum absolute atomic E-state index is 8.90. The third kappa shape index (κ3) is 4.11. The fourth-order valence-corrected chi connectivity index (χ4v) is 2.56. The molecule has 0 heterocycles. The lowest BCUT2D eigenvalue weighted by molar-refractivity contribution is 0.136. The van der Waals surface area contributed by atoms with Gasteiger partial charge in [-0.15, -0.1) is 0 Å². The number of hydrogen-bond acceptors (Lipinski definition) is 2. The van der Waals surface area contributed by atoms with Crippen LogP contribution >= 0.6 is 0 Å². The van der Waals surface area contributed by atoms with Gasteiger partial charge in [0.25, 0.3) is 0 Å². The molecule has 0 saturated heterocycles. The van der Waals surface area contributed by atoms with Crippen molar-refractivity contribution in [2.75, 3.05) is 6.61 Å². The highest BCUT2D eigenvalue weighted by Gasteiger charge is 2.38. The first kappa shape index (κ1) is 14.1. The van der Waals surface area contributed by atoms with Gasteiger partial charge in [-0.3, -0.25) is 0 Å². The van der Waals surface area contributed by atoms with Crippen LogP contribution in [0.4, 0.5) is 0 Å². The Balaban J connectivity index is 4.32. The van der Waals surface area contributed by atoms with Crippen LogP contribution in [0.3, 0.4) is 0 Å². The molecule has 0 rings (SSSR count). The van der Waals surface area contributed by atoms with Crippen LogP contribution in [0.2, 0.25) is 18.1 Å². The second-order valence-electron chi connectivity index (χ2n) is 5.42. The summed E-state index contributed by atoms with van der Waals surface area (Å²) in [6.07, 6.45) is 2.00. The standard InChI is InChI=1S/C11H26O2Si/c1-7-10(8-9-12)13-14(5,6)11(2,3)4/h10,12H,7-9H2,1-6H3/t10-/m0/s1. The molecule has 0 aliphatic carbocycles. The van der Waals surface area contributed by atoms with Crippen LogP contribution in [0.25, 0.3) is 0 Å². The van der Waals surface area contributed by atoms with Gasteiger partial charge in [-0.1, -0.05) is 27.7 Å². The molecule has 0 amide bonds. The molecule has 0 saturated carbocycles. The Labute approximate surface area is 89.8 Å². The molecule has 0 unspecified atom stereocenters. The highest BCUT2D eigenvalue weighted by Crippen LogP contribution is 2.37. The highest BCUT2D eigenvalue weighted by atomic mass is 28.4. The van der Waals surface area contributed by atoms with Crippen LogP contribution in [0.15, 0.2) is 0 Å². The molecular weight excluding hydrogens is 192 g/mol. The van der Waals surface area contributed by atoms with E-state index in [0.717, 1.165) is 12.8 Å². The molecule has 1 atom stereocenters. The SMILES string of the molecule is CC[C@@H](CCO)O[Si](C)(C)C(C)(C)C. The van der Waals surface area contributed by atoms with Gasteiger partial charge in [-0.2, -0.15) is 0 Å². The highest BCUT2D eigenvalue weighted by molar-refractivity contribution is 6.74. The fraction of sp³-hybridized carbons (Fsp3) is 1.00. The van der Waals surface area contributed by atoms with Crippen LogP contribution in [-0.4, -0.2) is 26.1 Å². The van der Waals surface area contributed by atoms with E-state index in [-0.39, 0.29) is 17.7 Å². The van der Waals surface area contributed by atoms with E-state index in [1.54, 1.807) is 0 Å². The molecule has 0 radical (unpaired) electrons. The topological polar surface area (TPSA) is 29.5 Å². The minimum atomic E-state index is -1.64. The maximum atomic E-state index is 8.90. The average Bonchev–Trinajstić information content (AvgIpc) is 2.01. The molecule has 0 aliphatic heterocycles. The number of aliphatic hydroxyl groups excluding tert-OH is 1. The minimum Gasteiger partial charge on any atom is -0.414 e. The van der Waals surface area contributed by atoms with Crippen molar-refractivity contribution in [2.24, 2.45) is 0 Å². The van der Waals surface area contributed by atoms with Crippen molar-refractivity contribution in [2.45, 2.75) is 64.8 Å². The molecule has 0 aromatic rings. The largest absolute Gasteiger partial charge is 0.414 e. The summed E-state index contributed by atoms with van der Waals surface area (Å²) in [5.41, 5.74) is 0. The number of aliphatic hydroxyl groups is 1. The molecule has 14 heavy (non-hydrogen) atoms. The van der Waals surface area contributed by atoms with Crippen molar-refractivity contribution in [3.05, 3.63) is 0 Å². The van der Waals surface area contributed by atoms with Gasteiger partial charge >= 0.3 is 0 Å². The van der Waals surface area contributed by atoms with Gasteiger partial charge in [-0.25, -0.2) is 0 Å². The average molecular weight is 218 g/mol. The van der Waals surface area contributed by atoms with Gasteiger partial charge in [0.15, 0.2) is 8.32 Å². The molecule has 0 fully saturated rings. The van der Waals surface area contributed by atoms with Crippen molar-refractivity contribution in [3.63, 3.8) is 0 Å². The van der Waals surface area contributed by atoms with E-state index in [1.165, 1.54) is 0 Å². The fourth-order valence-electron chi connectivity index (χ4n) is 1.08. The predicted molar refractivity (Wildman–Crippen MR) is 64.1 cm³/mol. The quantitative estimate of drug-likeness (QED) is 0.718. The van der Waals surface area contributed by atoms with Crippen molar-refractivity contribution in [3.8, 4) is 0 Å². The van der Waals surface area contributed by atoms with Gasteiger partial charge in [-0.05, 0) is 31.0 Å². The first-order valence-electron chi connectivity index (χ1n) is 5.53. The summed E-state index contributed by atoms with van der Waals surface area (Å²) in [6, 6.07) is 0. The van der Waals surface area contributed by atoms with Crippen LogP contribution in [-0.2, 0) is 4.43 Å². The molecule has 0 aromatic heterocycles. The predicted octanol–water partition coefficient (Wildman–Crippen LogP) is 3.17. The Hall–Kier alpha value is 0.137.